The summed E-state index contributed by atoms with van der Waals surface area (Å²) in [5.74, 6) is 2.55. The molecule has 5 heteroatoms. The van der Waals surface area contributed by atoms with Gasteiger partial charge in [-0.2, -0.15) is 0 Å². The van der Waals surface area contributed by atoms with Crippen molar-refractivity contribution in [3.63, 3.8) is 0 Å². The number of hydroxylamine groups is 1. The van der Waals surface area contributed by atoms with Crippen LogP contribution in [0.5, 0.6) is 17.2 Å². The van der Waals surface area contributed by atoms with Crippen LogP contribution in [0.2, 0.25) is 5.02 Å². The molecule has 1 heterocycles. The Morgan fingerprint density at radius 3 is 2.64 bits per heavy atom. The van der Waals surface area contributed by atoms with Crippen LogP contribution in [0.3, 0.4) is 0 Å². The van der Waals surface area contributed by atoms with Crippen LogP contribution in [0.15, 0.2) is 42.5 Å². The van der Waals surface area contributed by atoms with Crippen LogP contribution in [0.25, 0.3) is 0 Å². The maximum atomic E-state index is 5.95. The quantitative estimate of drug-likeness (QED) is 0.919. The zero-order valence-electron chi connectivity index (χ0n) is 12.3. The number of ether oxygens (including phenoxy) is 2. The average molecular weight is 320 g/mol. The van der Waals surface area contributed by atoms with Crippen molar-refractivity contribution in [3.8, 4) is 17.2 Å². The molecular weight excluding hydrogens is 302 g/mol. The molecule has 2 aromatic rings. The molecule has 1 N–H and O–H groups in total. The van der Waals surface area contributed by atoms with Gasteiger partial charge >= 0.3 is 0 Å². The third kappa shape index (κ3) is 3.53. The van der Waals surface area contributed by atoms with Crippen LogP contribution >= 0.6 is 11.6 Å². The Balaban J connectivity index is 1.85. The van der Waals surface area contributed by atoms with Crippen molar-refractivity contribution in [2.45, 2.75) is 12.3 Å². The summed E-state index contributed by atoms with van der Waals surface area (Å²) in [4.78, 5) is 5.18. The Hall–Kier alpha value is -1.75. The van der Waals surface area contributed by atoms with E-state index in [4.69, 9.17) is 25.9 Å². The molecule has 0 radical (unpaired) electrons. The molecular formula is C17H18ClNO3. The van der Waals surface area contributed by atoms with E-state index in [9.17, 15) is 0 Å². The molecule has 3 rings (SSSR count). The fourth-order valence-electron chi connectivity index (χ4n) is 2.48. The fourth-order valence-corrected chi connectivity index (χ4v) is 2.60. The van der Waals surface area contributed by atoms with Crippen molar-refractivity contribution >= 4 is 11.6 Å². The fraction of sp³-hybridized carbons (Fsp3) is 0.294. The number of benzene rings is 2. The van der Waals surface area contributed by atoms with E-state index in [0.717, 1.165) is 18.7 Å². The molecule has 22 heavy (non-hydrogen) atoms. The first-order valence-corrected chi connectivity index (χ1v) is 7.60. The molecule has 1 saturated heterocycles. The lowest BCUT2D eigenvalue weighted by atomic mass is 9.95. The van der Waals surface area contributed by atoms with Gasteiger partial charge in [0.1, 0.15) is 5.75 Å². The van der Waals surface area contributed by atoms with E-state index in [1.807, 2.05) is 24.3 Å². The maximum Gasteiger partial charge on any atom is 0.169 e. The Kier molecular flexibility index (Phi) is 4.83. The number of methoxy groups -OCH3 is 1. The highest BCUT2D eigenvalue weighted by atomic mass is 35.5. The van der Waals surface area contributed by atoms with E-state index >= 15 is 0 Å². The molecule has 1 aliphatic heterocycles. The Bertz CT molecular complexity index is 624. The molecule has 1 aliphatic rings. The first-order valence-electron chi connectivity index (χ1n) is 7.22. The second-order valence-electron chi connectivity index (χ2n) is 5.15. The van der Waals surface area contributed by atoms with Gasteiger partial charge in [-0.25, -0.2) is 5.48 Å². The molecule has 1 fully saturated rings. The van der Waals surface area contributed by atoms with Gasteiger partial charge in [0.15, 0.2) is 11.5 Å². The third-order valence-electron chi connectivity index (χ3n) is 3.70. The van der Waals surface area contributed by atoms with Crippen LogP contribution in [-0.4, -0.2) is 20.3 Å². The van der Waals surface area contributed by atoms with E-state index in [1.54, 1.807) is 19.2 Å². The van der Waals surface area contributed by atoms with Gasteiger partial charge < -0.3 is 14.3 Å². The highest BCUT2D eigenvalue weighted by molar-refractivity contribution is 6.30. The molecule has 1 atom stereocenters. The summed E-state index contributed by atoms with van der Waals surface area (Å²) in [5.41, 5.74) is 4.16. The minimum atomic E-state index is 0.409. The summed E-state index contributed by atoms with van der Waals surface area (Å²) >= 11 is 5.90. The number of nitrogens with one attached hydrogen (secondary N) is 1. The summed E-state index contributed by atoms with van der Waals surface area (Å²) < 4.78 is 11.3. The second kappa shape index (κ2) is 7.01. The topological polar surface area (TPSA) is 39.7 Å². The van der Waals surface area contributed by atoms with Crippen LogP contribution in [0, 0.1) is 0 Å². The highest BCUT2D eigenvalue weighted by Gasteiger charge is 2.18. The average Bonchev–Trinajstić information content (AvgIpc) is 2.58. The number of hydrogen-bond acceptors (Lipinski definition) is 4. The van der Waals surface area contributed by atoms with Gasteiger partial charge in [0.25, 0.3) is 0 Å². The molecule has 116 valence electrons. The Labute approximate surface area is 134 Å². The van der Waals surface area contributed by atoms with Crippen LogP contribution in [0.4, 0.5) is 0 Å². The lowest BCUT2D eigenvalue weighted by Crippen LogP contribution is -2.29. The van der Waals surface area contributed by atoms with Gasteiger partial charge in [-0.15, -0.1) is 0 Å². The predicted molar refractivity (Wildman–Crippen MR) is 85.8 cm³/mol. The summed E-state index contributed by atoms with van der Waals surface area (Å²) in [6.07, 6.45) is 0.986. The SMILES string of the molecule is COc1ccc(C2CCONC2)cc1Oc1ccc(Cl)cc1. The van der Waals surface area contributed by atoms with Gasteiger partial charge in [-0.05, 0) is 48.4 Å². The molecule has 4 nitrogen and oxygen atoms in total. The highest BCUT2D eigenvalue weighted by Crippen LogP contribution is 2.35. The molecule has 2 aromatic carbocycles. The van der Waals surface area contributed by atoms with Crippen LogP contribution in [0.1, 0.15) is 17.9 Å². The Morgan fingerprint density at radius 1 is 1.14 bits per heavy atom. The summed E-state index contributed by atoms with van der Waals surface area (Å²) in [5, 5.41) is 0.682. The number of rotatable bonds is 4. The molecule has 1 unspecified atom stereocenters. The molecule has 0 amide bonds. The Morgan fingerprint density at radius 2 is 1.95 bits per heavy atom. The van der Waals surface area contributed by atoms with Crippen molar-refractivity contribution in [2.24, 2.45) is 0 Å². The standard InChI is InChI=1S/C17H18ClNO3/c1-20-16-7-2-12(13-8-9-21-19-11-13)10-17(16)22-15-5-3-14(18)4-6-15/h2-7,10,13,19H,8-9,11H2,1H3. The zero-order chi connectivity index (χ0) is 15.4. The largest absolute Gasteiger partial charge is 0.493 e. The van der Waals surface area contributed by atoms with Gasteiger partial charge in [-0.3, -0.25) is 0 Å². The van der Waals surface area contributed by atoms with Crippen molar-refractivity contribution in [2.75, 3.05) is 20.3 Å². The van der Waals surface area contributed by atoms with Crippen molar-refractivity contribution < 1.29 is 14.3 Å². The van der Waals surface area contributed by atoms with Crippen molar-refractivity contribution in [1.29, 1.82) is 0 Å². The summed E-state index contributed by atoms with van der Waals surface area (Å²) in [6, 6.07) is 13.3. The normalized spacial score (nSPS) is 18.0. The first kappa shape index (κ1) is 15.2. The van der Waals surface area contributed by atoms with Gasteiger partial charge in [0.05, 0.1) is 13.7 Å². The second-order valence-corrected chi connectivity index (χ2v) is 5.59. The first-order chi connectivity index (χ1) is 10.8. The molecule has 0 aromatic heterocycles. The zero-order valence-corrected chi connectivity index (χ0v) is 13.1. The summed E-state index contributed by atoms with van der Waals surface area (Å²) in [7, 11) is 1.64. The summed E-state index contributed by atoms with van der Waals surface area (Å²) in [6.45, 7) is 1.51. The minimum Gasteiger partial charge on any atom is -0.493 e. The van der Waals surface area contributed by atoms with Gasteiger partial charge in [-0.1, -0.05) is 17.7 Å². The number of halogens is 1. The van der Waals surface area contributed by atoms with Crippen LogP contribution < -0.4 is 15.0 Å². The van der Waals surface area contributed by atoms with Crippen molar-refractivity contribution in [3.05, 3.63) is 53.1 Å². The molecule has 0 saturated carbocycles. The molecule has 0 bridgehead atoms. The van der Waals surface area contributed by atoms with E-state index in [-0.39, 0.29) is 0 Å². The lowest BCUT2D eigenvalue weighted by Gasteiger charge is -2.23. The van der Waals surface area contributed by atoms with E-state index in [0.29, 0.717) is 29.0 Å². The van der Waals surface area contributed by atoms with Crippen LogP contribution in [-0.2, 0) is 4.84 Å². The lowest BCUT2D eigenvalue weighted by molar-refractivity contribution is 0.00406. The predicted octanol–water partition coefficient (Wildman–Crippen LogP) is 4.15. The molecule has 0 spiro atoms. The number of hydrogen-bond donors (Lipinski definition) is 1. The van der Waals surface area contributed by atoms with Crippen molar-refractivity contribution in [1.82, 2.24) is 5.48 Å². The maximum absolute atomic E-state index is 5.95. The van der Waals surface area contributed by atoms with Gasteiger partial charge in [0.2, 0.25) is 0 Å². The molecule has 0 aliphatic carbocycles. The monoisotopic (exact) mass is 319 g/mol. The van der Waals surface area contributed by atoms with E-state index < -0.39 is 0 Å². The third-order valence-corrected chi connectivity index (χ3v) is 3.95. The smallest absolute Gasteiger partial charge is 0.169 e. The van der Waals surface area contributed by atoms with E-state index in [1.165, 1.54) is 5.56 Å². The minimum absolute atomic E-state index is 0.409. The van der Waals surface area contributed by atoms with Gasteiger partial charge in [0, 0.05) is 17.5 Å². The van der Waals surface area contributed by atoms with E-state index in [2.05, 4.69) is 11.5 Å².